The zero-order valence-electron chi connectivity index (χ0n) is 27.2. The third-order valence-corrected chi connectivity index (χ3v) is 10.2. The van der Waals surface area contributed by atoms with E-state index in [9.17, 15) is 13.8 Å². The maximum Gasteiger partial charge on any atom is 0.407 e. The summed E-state index contributed by atoms with van der Waals surface area (Å²) in [6, 6.07) is 11.2. The number of methoxy groups -OCH3 is 1. The average Bonchev–Trinajstić information content (AvgIpc) is 3.05. The van der Waals surface area contributed by atoms with Crippen LogP contribution in [0, 0.1) is 5.82 Å². The summed E-state index contributed by atoms with van der Waals surface area (Å²) < 4.78 is 46.2. The molecule has 0 aliphatic carbocycles. The van der Waals surface area contributed by atoms with Crippen molar-refractivity contribution in [2.24, 2.45) is 0 Å². The first-order valence-corrected chi connectivity index (χ1v) is 18.1. The molecule has 4 N–H and O–H groups in total. The molecule has 47 heavy (non-hydrogen) atoms. The van der Waals surface area contributed by atoms with Gasteiger partial charge in [-0.25, -0.2) is 13.4 Å². The number of hydrogen-bond donors (Lipinski definition) is 4. The molecular weight excluding hydrogens is 647 g/mol. The van der Waals surface area contributed by atoms with Gasteiger partial charge in [-0.2, -0.15) is 0 Å². The molecule has 4 rings (SSSR count). The van der Waals surface area contributed by atoms with E-state index in [1.165, 1.54) is 13.2 Å². The number of alkyl carbamates (subject to hydrolysis) is 1. The topological polar surface area (TPSA) is 129 Å². The summed E-state index contributed by atoms with van der Waals surface area (Å²) in [6.07, 6.45) is 6.17. The van der Waals surface area contributed by atoms with E-state index in [2.05, 4.69) is 20.9 Å². The predicted octanol–water partition coefficient (Wildman–Crippen LogP) is 5.48. The normalized spacial score (nSPS) is 22.2. The first-order valence-electron chi connectivity index (χ1n) is 16.5. The Balaban J connectivity index is 1.48. The zero-order valence-corrected chi connectivity index (χ0v) is 28.8. The standard InChI is InChI=1S/C34H48ClFN4O6S/c1-40-22-25(37-21-26(40)7-6-20-47(43)44)15-17-29-30(36)9-5-10-31(29)38-33(41)32(39-34(42)45-2)28(23-11-13-24(35)14-12-23)18-16-27-8-3-4-19-46-27/h5,9-14,25-28,32,37H,3-4,6-8,15-22H2,1-2H3,(H,38,41)(H,39,42)(H,43,44)/t25?,26?,27?,28-,32+/m1/s1. The molecule has 260 valence electrons. The molecular formula is C34H48ClFN4O6S. The van der Waals surface area contributed by atoms with Crippen LogP contribution in [-0.4, -0.2) is 89.5 Å². The first kappa shape index (κ1) is 37.2. The molecule has 2 aromatic rings. The van der Waals surface area contributed by atoms with Gasteiger partial charge in [-0.1, -0.05) is 29.8 Å². The molecule has 0 saturated carbocycles. The second-order valence-corrected chi connectivity index (χ2v) is 14.0. The van der Waals surface area contributed by atoms with Crippen molar-refractivity contribution in [3.8, 4) is 0 Å². The summed E-state index contributed by atoms with van der Waals surface area (Å²) in [5.74, 6) is -1.06. The second-order valence-electron chi connectivity index (χ2n) is 12.5. The third-order valence-electron chi connectivity index (χ3n) is 9.27. The van der Waals surface area contributed by atoms with Crippen LogP contribution in [0.4, 0.5) is 14.9 Å². The van der Waals surface area contributed by atoms with Crippen LogP contribution in [0.1, 0.15) is 68.4 Å². The van der Waals surface area contributed by atoms with Crippen LogP contribution < -0.4 is 16.0 Å². The minimum Gasteiger partial charge on any atom is -0.453 e. The van der Waals surface area contributed by atoms with Gasteiger partial charge >= 0.3 is 6.09 Å². The molecule has 2 fully saturated rings. The SMILES string of the molecule is COC(=O)N[C@H](C(=O)Nc1cccc(F)c1CCC1CN(C)C(CCCS(=O)O)CN1)[C@H](CCC1CCCCO1)c1ccc(Cl)cc1. The fourth-order valence-corrected chi connectivity index (χ4v) is 7.15. The van der Waals surface area contributed by atoms with Gasteiger partial charge in [0.2, 0.25) is 5.91 Å². The van der Waals surface area contributed by atoms with Gasteiger partial charge in [0.15, 0.2) is 11.1 Å². The largest absolute Gasteiger partial charge is 0.453 e. The molecule has 10 nitrogen and oxygen atoms in total. The molecule has 2 saturated heterocycles. The lowest BCUT2D eigenvalue weighted by atomic mass is 9.85. The monoisotopic (exact) mass is 694 g/mol. The smallest absolute Gasteiger partial charge is 0.407 e. The van der Waals surface area contributed by atoms with E-state index in [0.29, 0.717) is 55.0 Å². The lowest BCUT2D eigenvalue weighted by molar-refractivity contribution is -0.118. The number of rotatable bonds is 15. The number of nitrogens with one attached hydrogen (secondary N) is 3. The number of nitrogens with zero attached hydrogens (tertiary/aromatic N) is 1. The highest BCUT2D eigenvalue weighted by Gasteiger charge is 2.33. The number of ether oxygens (including phenoxy) is 2. The van der Waals surface area contributed by atoms with Crippen molar-refractivity contribution in [2.75, 3.05) is 44.9 Å². The van der Waals surface area contributed by atoms with Crippen LogP contribution in [0.3, 0.4) is 0 Å². The Hall–Kier alpha value is -2.61. The Morgan fingerprint density at radius 2 is 1.98 bits per heavy atom. The Morgan fingerprint density at radius 1 is 1.19 bits per heavy atom. The molecule has 0 bridgehead atoms. The number of benzene rings is 2. The number of likely N-dealkylation sites (N-methyl/N-ethyl adjacent to an activating group) is 1. The Kier molecular flexibility index (Phi) is 14.9. The van der Waals surface area contributed by atoms with Gasteiger partial charge in [-0.05, 0) is 94.7 Å². The summed E-state index contributed by atoms with van der Waals surface area (Å²) >= 11 is 4.40. The number of amides is 2. The number of carbonyl (C=O) groups excluding carboxylic acids is 2. The van der Waals surface area contributed by atoms with Crippen molar-refractivity contribution in [2.45, 2.75) is 87.9 Å². The van der Waals surface area contributed by atoms with Gasteiger partial charge in [0.1, 0.15) is 11.9 Å². The molecule has 2 aliphatic heterocycles. The van der Waals surface area contributed by atoms with Crippen LogP contribution in [0.25, 0.3) is 0 Å². The zero-order chi connectivity index (χ0) is 33.8. The first-order chi connectivity index (χ1) is 22.6. The van der Waals surface area contributed by atoms with Crippen molar-refractivity contribution < 1.29 is 32.2 Å². The fourth-order valence-electron chi connectivity index (χ4n) is 6.61. The predicted molar refractivity (Wildman–Crippen MR) is 183 cm³/mol. The van der Waals surface area contributed by atoms with E-state index in [1.54, 1.807) is 24.3 Å². The van der Waals surface area contributed by atoms with Crippen molar-refractivity contribution in [1.29, 1.82) is 0 Å². The van der Waals surface area contributed by atoms with E-state index in [0.717, 1.165) is 44.3 Å². The van der Waals surface area contributed by atoms with Gasteiger partial charge in [0.05, 0.1) is 13.2 Å². The molecule has 6 atom stereocenters. The van der Waals surface area contributed by atoms with E-state index < -0.39 is 40.9 Å². The minimum atomic E-state index is -1.79. The van der Waals surface area contributed by atoms with Crippen LogP contribution >= 0.6 is 11.6 Å². The van der Waals surface area contributed by atoms with Crippen LogP contribution in [0.2, 0.25) is 5.02 Å². The quantitative estimate of drug-likeness (QED) is 0.181. The van der Waals surface area contributed by atoms with Crippen LogP contribution in [0.15, 0.2) is 42.5 Å². The summed E-state index contributed by atoms with van der Waals surface area (Å²) in [4.78, 5) is 28.9. The van der Waals surface area contributed by atoms with E-state index in [-0.39, 0.29) is 23.9 Å². The molecule has 2 aromatic carbocycles. The lowest BCUT2D eigenvalue weighted by Crippen LogP contribution is -2.55. The number of piperazine rings is 1. The molecule has 2 amide bonds. The third kappa shape index (κ3) is 11.5. The Bertz CT molecular complexity index is 1330. The van der Waals surface area contributed by atoms with Crippen LogP contribution in [-0.2, 0) is 31.8 Å². The molecule has 2 aliphatic rings. The highest BCUT2D eigenvalue weighted by Crippen LogP contribution is 2.31. The van der Waals surface area contributed by atoms with E-state index in [1.807, 2.05) is 19.2 Å². The summed E-state index contributed by atoms with van der Waals surface area (Å²) in [5.41, 5.74) is 1.58. The van der Waals surface area contributed by atoms with Gasteiger partial charge in [0.25, 0.3) is 0 Å². The lowest BCUT2D eigenvalue weighted by Gasteiger charge is -2.38. The molecule has 0 spiro atoms. The number of halogens is 2. The molecule has 4 unspecified atom stereocenters. The Labute approximate surface area is 284 Å². The van der Waals surface area contributed by atoms with Gasteiger partial charge in [-0.15, -0.1) is 0 Å². The molecule has 2 heterocycles. The maximum atomic E-state index is 15.3. The highest BCUT2D eigenvalue weighted by molar-refractivity contribution is 7.79. The number of hydrogen-bond acceptors (Lipinski definition) is 7. The number of anilines is 1. The van der Waals surface area contributed by atoms with Crippen molar-refractivity contribution in [3.05, 3.63) is 64.4 Å². The molecule has 0 aromatic heterocycles. The Morgan fingerprint density at radius 3 is 2.66 bits per heavy atom. The van der Waals surface area contributed by atoms with Crippen molar-refractivity contribution in [3.63, 3.8) is 0 Å². The maximum absolute atomic E-state index is 15.3. The minimum absolute atomic E-state index is 0.0732. The second kappa shape index (κ2) is 18.8. The van der Waals surface area contributed by atoms with E-state index >= 15 is 4.39 Å². The van der Waals surface area contributed by atoms with E-state index in [4.69, 9.17) is 25.6 Å². The highest BCUT2D eigenvalue weighted by atomic mass is 35.5. The van der Waals surface area contributed by atoms with Gasteiger partial charge < -0.3 is 34.9 Å². The van der Waals surface area contributed by atoms with Gasteiger partial charge in [0, 0.05) is 59.7 Å². The average molecular weight is 695 g/mol. The molecule has 13 heteroatoms. The summed E-state index contributed by atoms with van der Waals surface area (Å²) in [5, 5.41) is 9.78. The van der Waals surface area contributed by atoms with Crippen LogP contribution in [0.5, 0.6) is 0 Å². The van der Waals surface area contributed by atoms with Crippen molar-refractivity contribution in [1.82, 2.24) is 15.5 Å². The van der Waals surface area contributed by atoms with Gasteiger partial charge in [-0.3, -0.25) is 4.79 Å². The van der Waals surface area contributed by atoms with Crippen molar-refractivity contribution >= 4 is 40.4 Å². The summed E-state index contributed by atoms with van der Waals surface area (Å²) in [6.45, 7) is 2.20. The number of carbonyl (C=O) groups is 2. The molecule has 0 radical (unpaired) electrons. The fraction of sp³-hybridized carbons (Fsp3) is 0.588. The summed E-state index contributed by atoms with van der Waals surface area (Å²) in [7, 11) is 3.29.